The maximum Gasteiger partial charge on any atom is 0.174 e. The molecule has 0 aliphatic carbocycles. The number of aliphatic hydroxyl groups is 1. The first-order chi connectivity index (χ1) is 11.8. The van der Waals surface area contributed by atoms with E-state index in [0.29, 0.717) is 28.5 Å². The van der Waals surface area contributed by atoms with Crippen LogP contribution in [-0.2, 0) is 23.3 Å². The number of aliphatic hydroxyl groups excluding tert-OH is 1. The van der Waals surface area contributed by atoms with Crippen molar-refractivity contribution in [1.82, 2.24) is 9.78 Å². The van der Waals surface area contributed by atoms with Gasteiger partial charge in [-0.15, -0.1) is 0 Å². The molecule has 1 atom stereocenters. The number of hydrogen-bond acceptors (Lipinski definition) is 5. The molecule has 0 radical (unpaired) electrons. The fraction of sp³-hybridized carbons (Fsp3) is 0.444. The SMILES string of the molecule is Cc1cc(Oc2c(C(C)C)nn(CS(C)=O)c2CO)cc(C)c1C#N. The predicted octanol–water partition coefficient (Wildman–Crippen LogP) is 3.12. The Kier molecular flexibility index (Phi) is 5.98. The van der Waals surface area contributed by atoms with Crippen molar-refractivity contribution < 1.29 is 14.1 Å². The number of benzene rings is 1. The Balaban J connectivity index is 2.53. The first kappa shape index (κ1) is 19.2. The Bertz CT molecular complexity index is 827. The highest BCUT2D eigenvalue weighted by molar-refractivity contribution is 7.83. The number of aryl methyl sites for hydroxylation is 2. The minimum absolute atomic E-state index is 0.0763. The molecule has 0 fully saturated rings. The summed E-state index contributed by atoms with van der Waals surface area (Å²) in [6.07, 6.45) is 1.59. The van der Waals surface area contributed by atoms with Gasteiger partial charge in [-0.2, -0.15) is 10.4 Å². The lowest BCUT2D eigenvalue weighted by atomic mass is 10.0. The molecule has 0 amide bonds. The monoisotopic (exact) mass is 361 g/mol. The summed E-state index contributed by atoms with van der Waals surface area (Å²) in [4.78, 5) is 0. The third-order valence-electron chi connectivity index (χ3n) is 3.87. The fourth-order valence-electron chi connectivity index (χ4n) is 2.70. The molecule has 0 aliphatic heterocycles. The summed E-state index contributed by atoms with van der Waals surface area (Å²) >= 11 is 0. The van der Waals surface area contributed by atoms with Crippen LogP contribution in [0.1, 0.15) is 47.8 Å². The standard InChI is InChI=1S/C18H23N3O3S/c1-11(2)17-18(16(9-22)21(20-17)10-25(5)23)24-14-6-12(3)15(8-19)13(4)7-14/h6-7,11,22H,9-10H2,1-5H3. The van der Waals surface area contributed by atoms with E-state index in [2.05, 4.69) is 11.2 Å². The molecule has 25 heavy (non-hydrogen) atoms. The van der Waals surface area contributed by atoms with Crippen LogP contribution in [0.5, 0.6) is 11.5 Å². The minimum atomic E-state index is -1.10. The van der Waals surface area contributed by atoms with Gasteiger partial charge in [0.05, 0.1) is 18.2 Å². The second kappa shape index (κ2) is 7.81. The molecular formula is C18H23N3O3S. The van der Waals surface area contributed by atoms with Crippen molar-refractivity contribution in [2.75, 3.05) is 6.26 Å². The Morgan fingerprint density at radius 3 is 2.40 bits per heavy atom. The quantitative estimate of drug-likeness (QED) is 0.854. The maximum atomic E-state index is 11.6. The van der Waals surface area contributed by atoms with Crippen LogP contribution in [0.15, 0.2) is 12.1 Å². The molecule has 0 saturated heterocycles. The summed E-state index contributed by atoms with van der Waals surface area (Å²) in [5, 5.41) is 23.5. The summed E-state index contributed by atoms with van der Waals surface area (Å²) < 4.78 is 19.2. The van der Waals surface area contributed by atoms with Crippen molar-refractivity contribution in [2.24, 2.45) is 0 Å². The van der Waals surface area contributed by atoms with Gasteiger partial charge in [-0.3, -0.25) is 8.89 Å². The molecule has 6 nitrogen and oxygen atoms in total. The lowest BCUT2D eigenvalue weighted by Gasteiger charge is -2.12. The predicted molar refractivity (Wildman–Crippen MR) is 97.0 cm³/mol. The number of aromatic nitrogens is 2. The van der Waals surface area contributed by atoms with Gasteiger partial charge in [-0.05, 0) is 37.1 Å². The van der Waals surface area contributed by atoms with Crippen LogP contribution >= 0.6 is 0 Å². The molecule has 0 aliphatic rings. The average molecular weight is 361 g/mol. The molecule has 7 heteroatoms. The molecule has 0 spiro atoms. The molecule has 1 aromatic carbocycles. The first-order valence-electron chi connectivity index (χ1n) is 7.98. The van der Waals surface area contributed by atoms with Gasteiger partial charge in [0.15, 0.2) is 5.75 Å². The van der Waals surface area contributed by atoms with Crippen molar-refractivity contribution in [3.05, 3.63) is 40.2 Å². The average Bonchev–Trinajstić information content (AvgIpc) is 2.83. The van der Waals surface area contributed by atoms with E-state index >= 15 is 0 Å². The smallest absolute Gasteiger partial charge is 0.174 e. The Morgan fingerprint density at radius 1 is 1.36 bits per heavy atom. The molecule has 2 rings (SSSR count). The zero-order chi connectivity index (χ0) is 18.7. The summed E-state index contributed by atoms with van der Waals surface area (Å²) in [7, 11) is -1.10. The van der Waals surface area contributed by atoms with Gasteiger partial charge in [0.2, 0.25) is 0 Å². The minimum Gasteiger partial charge on any atom is -0.453 e. The van der Waals surface area contributed by atoms with Crippen LogP contribution in [0.3, 0.4) is 0 Å². The van der Waals surface area contributed by atoms with Gasteiger partial charge in [-0.25, -0.2) is 0 Å². The second-order valence-corrected chi connectivity index (χ2v) is 7.73. The van der Waals surface area contributed by atoms with Gasteiger partial charge in [-0.1, -0.05) is 13.8 Å². The van der Waals surface area contributed by atoms with E-state index in [-0.39, 0.29) is 18.4 Å². The van der Waals surface area contributed by atoms with Crippen molar-refractivity contribution in [2.45, 2.75) is 46.1 Å². The van der Waals surface area contributed by atoms with Gasteiger partial charge in [0.25, 0.3) is 0 Å². The van der Waals surface area contributed by atoms with Gasteiger partial charge in [0, 0.05) is 23.0 Å². The van der Waals surface area contributed by atoms with E-state index in [1.807, 2.05) is 27.7 Å². The highest BCUT2D eigenvalue weighted by atomic mass is 32.2. The molecule has 2 aromatic rings. The normalized spacial score (nSPS) is 12.2. The van der Waals surface area contributed by atoms with E-state index < -0.39 is 10.8 Å². The molecule has 1 N–H and O–H groups in total. The molecule has 134 valence electrons. The number of nitriles is 1. The van der Waals surface area contributed by atoms with Gasteiger partial charge < -0.3 is 9.84 Å². The highest BCUT2D eigenvalue weighted by Gasteiger charge is 2.22. The number of rotatable bonds is 6. The van der Waals surface area contributed by atoms with E-state index in [9.17, 15) is 14.6 Å². The summed E-state index contributed by atoms with van der Waals surface area (Å²) in [5.41, 5.74) is 3.50. The Morgan fingerprint density at radius 2 is 1.96 bits per heavy atom. The second-order valence-electron chi connectivity index (χ2n) is 6.32. The summed E-state index contributed by atoms with van der Waals surface area (Å²) in [6.45, 7) is 7.43. The molecule has 0 saturated carbocycles. The largest absolute Gasteiger partial charge is 0.453 e. The van der Waals surface area contributed by atoms with Crippen LogP contribution in [-0.4, -0.2) is 25.4 Å². The number of ether oxygens (including phenoxy) is 1. The molecule has 1 aromatic heterocycles. The topological polar surface area (TPSA) is 88.1 Å². The maximum absolute atomic E-state index is 11.6. The van der Waals surface area contributed by atoms with Crippen LogP contribution in [0, 0.1) is 25.2 Å². The van der Waals surface area contributed by atoms with E-state index in [1.165, 1.54) is 0 Å². The highest BCUT2D eigenvalue weighted by Crippen LogP contribution is 2.35. The van der Waals surface area contributed by atoms with Crippen molar-refractivity contribution in [3.8, 4) is 17.6 Å². The van der Waals surface area contributed by atoms with E-state index in [0.717, 1.165) is 11.1 Å². The van der Waals surface area contributed by atoms with Crippen molar-refractivity contribution in [1.29, 1.82) is 5.26 Å². The third-order valence-corrected chi connectivity index (χ3v) is 4.48. The first-order valence-corrected chi connectivity index (χ1v) is 9.70. The van der Waals surface area contributed by atoms with Gasteiger partial charge >= 0.3 is 0 Å². The Labute approximate surface area is 150 Å². The summed E-state index contributed by atoms with van der Waals surface area (Å²) in [6, 6.07) is 5.78. The third kappa shape index (κ3) is 4.09. The van der Waals surface area contributed by atoms with Crippen LogP contribution < -0.4 is 4.74 Å². The van der Waals surface area contributed by atoms with E-state index in [1.54, 1.807) is 23.1 Å². The number of nitrogens with zero attached hydrogens (tertiary/aromatic N) is 3. The van der Waals surface area contributed by atoms with Crippen LogP contribution in [0.25, 0.3) is 0 Å². The molecule has 1 heterocycles. The molecular weight excluding hydrogens is 338 g/mol. The summed E-state index contributed by atoms with van der Waals surface area (Å²) in [5.74, 6) is 1.35. The molecule has 1 unspecified atom stereocenters. The lowest BCUT2D eigenvalue weighted by molar-refractivity contribution is 0.265. The lowest BCUT2D eigenvalue weighted by Crippen LogP contribution is -2.09. The van der Waals surface area contributed by atoms with Gasteiger partial charge in [0.1, 0.15) is 23.0 Å². The van der Waals surface area contributed by atoms with Crippen LogP contribution in [0.2, 0.25) is 0 Å². The zero-order valence-corrected chi connectivity index (χ0v) is 16.0. The number of hydrogen-bond donors (Lipinski definition) is 1. The molecule has 0 bridgehead atoms. The zero-order valence-electron chi connectivity index (χ0n) is 15.2. The van der Waals surface area contributed by atoms with Crippen molar-refractivity contribution in [3.63, 3.8) is 0 Å². The Hall–Kier alpha value is -2.17. The van der Waals surface area contributed by atoms with Crippen LogP contribution in [0.4, 0.5) is 0 Å². The van der Waals surface area contributed by atoms with Crippen molar-refractivity contribution >= 4 is 10.8 Å². The fourth-order valence-corrected chi connectivity index (χ4v) is 3.26. The van der Waals surface area contributed by atoms with E-state index in [4.69, 9.17) is 4.74 Å².